The van der Waals surface area contributed by atoms with Gasteiger partial charge in [-0.25, -0.2) is 0 Å². The molecule has 0 saturated carbocycles. The van der Waals surface area contributed by atoms with E-state index in [-0.39, 0.29) is 17.9 Å². The first-order valence-corrected chi connectivity index (χ1v) is 9.97. The van der Waals surface area contributed by atoms with E-state index in [2.05, 4.69) is 92.3 Å². The second kappa shape index (κ2) is 8.43. The second-order valence-corrected chi connectivity index (χ2v) is 7.43. The maximum atomic E-state index is 12.7. The van der Waals surface area contributed by atoms with Crippen LogP contribution in [-0.4, -0.2) is 16.5 Å². The van der Waals surface area contributed by atoms with Crippen LogP contribution in [-0.2, 0) is 11.3 Å². The molecule has 1 aromatic heterocycles. The summed E-state index contributed by atoms with van der Waals surface area (Å²) in [5, 5.41) is 4.37. The van der Waals surface area contributed by atoms with Crippen LogP contribution in [0.25, 0.3) is 10.9 Å². The number of nitrogens with one attached hydrogen (secondary N) is 1. The second-order valence-electron chi connectivity index (χ2n) is 7.43. The molecule has 0 bridgehead atoms. The van der Waals surface area contributed by atoms with Gasteiger partial charge in [-0.15, -0.1) is 0 Å². The quantitative estimate of drug-likeness (QED) is 0.599. The largest absolute Gasteiger partial charge is 0.354 e. The highest BCUT2D eigenvalue weighted by atomic mass is 16.1. The zero-order valence-corrected chi connectivity index (χ0v) is 16.8. The van der Waals surface area contributed by atoms with Crippen LogP contribution >= 0.6 is 0 Å². The first kappa shape index (κ1) is 19.2. The van der Waals surface area contributed by atoms with E-state index >= 15 is 0 Å². The summed E-state index contributed by atoms with van der Waals surface area (Å²) in [6, 6.07) is 17.3. The Labute approximate surface area is 162 Å². The van der Waals surface area contributed by atoms with Gasteiger partial charge in [0.2, 0.25) is 5.91 Å². The van der Waals surface area contributed by atoms with Crippen molar-refractivity contribution in [1.82, 2.24) is 9.88 Å². The van der Waals surface area contributed by atoms with Gasteiger partial charge < -0.3 is 9.88 Å². The van der Waals surface area contributed by atoms with Crippen molar-refractivity contribution in [2.75, 3.05) is 0 Å². The lowest BCUT2D eigenvalue weighted by Gasteiger charge is -2.19. The number of carbonyl (C=O) groups excluding carboxylic acids is 1. The maximum Gasteiger partial charge on any atom is 0.221 e. The van der Waals surface area contributed by atoms with Crippen LogP contribution in [0.4, 0.5) is 0 Å². The molecule has 1 N–H and O–H groups in total. The van der Waals surface area contributed by atoms with Crippen molar-refractivity contribution in [1.29, 1.82) is 0 Å². The molecule has 0 aliphatic carbocycles. The summed E-state index contributed by atoms with van der Waals surface area (Å²) < 4.78 is 2.28. The number of amides is 1. The van der Waals surface area contributed by atoms with Crippen LogP contribution in [0.5, 0.6) is 0 Å². The van der Waals surface area contributed by atoms with Crippen molar-refractivity contribution in [3.63, 3.8) is 0 Å². The van der Waals surface area contributed by atoms with Crippen LogP contribution in [0.1, 0.15) is 56.2 Å². The molecule has 0 saturated heterocycles. The minimum absolute atomic E-state index is 0.0485. The molecule has 0 unspecified atom stereocenters. The van der Waals surface area contributed by atoms with Crippen molar-refractivity contribution in [3.05, 3.63) is 71.4 Å². The van der Waals surface area contributed by atoms with Gasteiger partial charge in [-0.3, -0.25) is 4.79 Å². The number of rotatable bonds is 7. The Morgan fingerprint density at radius 3 is 2.44 bits per heavy atom. The van der Waals surface area contributed by atoms with E-state index < -0.39 is 0 Å². The monoisotopic (exact) mass is 362 g/mol. The fraction of sp³-hybridized carbons (Fsp3) is 0.375. The van der Waals surface area contributed by atoms with E-state index in [1.807, 2.05) is 0 Å². The van der Waals surface area contributed by atoms with Gasteiger partial charge in [-0.1, -0.05) is 55.0 Å². The summed E-state index contributed by atoms with van der Waals surface area (Å²) in [5.74, 6) is 0.163. The summed E-state index contributed by atoms with van der Waals surface area (Å²) in [4.78, 5) is 12.7. The lowest BCUT2D eigenvalue weighted by Crippen LogP contribution is -2.33. The standard InChI is InChI=1S/C24H30N2O/c1-5-18(4)25-24(27)15-21(19-13-11-17(3)12-14-19)22-16-26(6-2)23-10-8-7-9-20(22)23/h7-14,16,18,21H,5-6,15H2,1-4H3,(H,25,27)/t18-,21-/m0/s1. The molecule has 3 rings (SSSR count). The number of hydrogen-bond acceptors (Lipinski definition) is 1. The minimum Gasteiger partial charge on any atom is -0.354 e. The lowest BCUT2D eigenvalue weighted by atomic mass is 9.87. The SMILES string of the molecule is CC[C@H](C)NC(=O)C[C@@H](c1ccc(C)cc1)c1cn(CC)c2ccccc12. The Hall–Kier alpha value is -2.55. The first-order valence-electron chi connectivity index (χ1n) is 9.97. The van der Waals surface area contributed by atoms with Crippen molar-refractivity contribution in [2.45, 2.75) is 59.0 Å². The molecule has 1 heterocycles. The highest BCUT2D eigenvalue weighted by Gasteiger charge is 2.23. The third-order valence-electron chi connectivity index (χ3n) is 5.42. The highest BCUT2D eigenvalue weighted by molar-refractivity contribution is 5.86. The number of para-hydroxylation sites is 1. The number of carbonyl (C=O) groups is 1. The van der Waals surface area contributed by atoms with Crippen molar-refractivity contribution in [3.8, 4) is 0 Å². The zero-order valence-electron chi connectivity index (χ0n) is 16.8. The van der Waals surface area contributed by atoms with E-state index in [1.165, 1.54) is 27.6 Å². The molecular weight excluding hydrogens is 332 g/mol. The number of nitrogens with zero attached hydrogens (tertiary/aromatic N) is 1. The van der Waals surface area contributed by atoms with Crippen molar-refractivity contribution >= 4 is 16.8 Å². The van der Waals surface area contributed by atoms with E-state index in [0.29, 0.717) is 6.42 Å². The third-order valence-corrected chi connectivity index (χ3v) is 5.42. The van der Waals surface area contributed by atoms with Crippen molar-refractivity contribution in [2.24, 2.45) is 0 Å². The molecule has 0 radical (unpaired) electrons. The molecule has 3 nitrogen and oxygen atoms in total. The number of benzene rings is 2. The van der Waals surface area contributed by atoms with E-state index in [4.69, 9.17) is 0 Å². The fourth-order valence-electron chi connectivity index (χ4n) is 3.64. The Morgan fingerprint density at radius 2 is 1.78 bits per heavy atom. The van der Waals surface area contributed by atoms with Gasteiger partial charge in [0, 0.05) is 42.0 Å². The Balaban J connectivity index is 2.04. The summed E-state index contributed by atoms with van der Waals surface area (Å²) >= 11 is 0. The number of aryl methyl sites for hydroxylation is 2. The average molecular weight is 363 g/mol. The molecule has 2 aromatic carbocycles. The summed E-state index contributed by atoms with van der Waals surface area (Å²) in [7, 11) is 0. The number of hydrogen-bond donors (Lipinski definition) is 1. The van der Waals surface area contributed by atoms with Crippen molar-refractivity contribution < 1.29 is 4.79 Å². The van der Waals surface area contributed by atoms with Crippen LogP contribution in [0.3, 0.4) is 0 Å². The van der Waals surface area contributed by atoms with Gasteiger partial charge in [0.05, 0.1) is 0 Å². The maximum absolute atomic E-state index is 12.7. The Morgan fingerprint density at radius 1 is 1.07 bits per heavy atom. The van der Waals surface area contributed by atoms with Crippen LogP contribution in [0.15, 0.2) is 54.7 Å². The average Bonchev–Trinajstić information content (AvgIpc) is 3.05. The number of fused-ring (bicyclic) bond motifs is 1. The van der Waals surface area contributed by atoms with Gasteiger partial charge in [0.25, 0.3) is 0 Å². The Kier molecular flexibility index (Phi) is 6.00. The van der Waals surface area contributed by atoms with Gasteiger partial charge in [0.15, 0.2) is 0 Å². The molecule has 0 aliphatic heterocycles. The van der Waals surface area contributed by atoms with Gasteiger partial charge >= 0.3 is 0 Å². The normalized spacial score (nSPS) is 13.5. The molecule has 3 aromatic rings. The molecule has 3 heteroatoms. The fourth-order valence-corrected chi connectivity index (χ4v) is 3.64. The lowest BCUT2D eigenvalue weighted by molar-refractivity contribution is -0.121. The van der Waals surface area contributed by atoms with Crippen LogP contribution in [0.2, 0.25) is 0 Å². The van der Waals surface area contributed by atoms with Gasteiger partial charge in [-0.2, -0.15) is 0 Å². The van der Waals surface area contributed by atoms with E-state index in [1.54, 1.807) is 0 Å². The molecule has 1 amide bonds. The van der Waals surface area contributed by atoms with Crippen LogP contribution < -0.4 is 5.32 Å². The van der Waals surface area contributed by atoms with Gasteiger partial charge in [-0.05, 0) is 44.4 Å². The van der Waals surface area contributed by atoms with Gasteiger partial charge in [0.1, 0.15) is 0 Å². The third kappa shape index (κ3) is 4.24. The first-order chi connectivity index (χ1) is 13.0. The highest BCUT2D eigenvalue weighted by Crippen LogP contribution is 2.35. The molecule has 27 heavy (non-hydrogen) atoms. The van der Waals surface area contributed by atoms with E-state index in [0.717, 1.165) is 13.0 Å². The summed E-state index contributed by atoms with van der Waals surface area (Å²) in [6.45, 7) is 9.32. The predicted octanol–water partition coefficient (Wildman–Crippen LogP) is 5.41. The topological polar surface area (TPSA) is 34.0 Å². The molecule has 2 atom stereocenters. The smallest absolute Gasteiger partial charge is 0.221 e. The summed E-state index contributed by atoms with van der Waals surface area (Å²) in [6.07, 6.45) is 3.63. The molecule has 0 aliphatic rings. The molecule has 0 spiro atoms. The molecule has 142 valence electrons. The molecular formula is C24H30N2O. The zero-order chi connectivity index (χ0) is 19.4. The summed E-state index contributed by atoms with van der Waals surface area (Å²) in [5.41, 5.74) is 4.89. The molecule has 0 fully saturated rings. The Bertz CT molecular complexity index is 908. The minimum atomic E-state index is 0.0485. The van der Waals surface area contributed by atoms with Crippen LogP contribution in [0, 0.1) is 6.92 Å². The predicted molar refractivity (Wildman–Crippen MR) is 113 cm³/mol. The van der Waals surface area contributed by atoms with E-state index in [9.17, 15) is 4.79 Å². The number of aromatic nitrogens is 1.